The van der Waals surface area contributed by atoms with Gasteiger partial charge in [-0.05, 0) is 57.0 Å². The fraction of sp³-hybridized carbons (Fsp3) is 0.385. The molecule has 32 heavy (non-hydrogen) atoms. The van der Waals surface area contributed by atoms with Crippen molar-refractivity contribution in [2.24, 2.45) is 0 Å². The first-order valence-corrected chi connectivity index (χ1v) is 11.1. The third kappa shape index (κ3) is 4.57. The second-order valence-electron chi connectivity index (χ2n) is 9.18. The molecular weight excluding hydrogens is 402 g/mol. The molecule has 1 aliphatic rings. The number of rotatable bonds is 4. The van der Waals surface area contributed by atoms with E-state index in [1.165, 1.54) is 0 Å². The van der Waals surface area contributed by atoms with Crippen LogP contribution in [-0.2, 0) is 11.2 Å². The van der Waals surface area contributed by atoms with Crippen LogP contribution in [0.15, 0.2) is 42.5 Å². The van der Waals surface area contributed by atoms with Crippen molar-refractivity contribution in [3.05, 3.63) is 53.7 Å². The van der Waals surface area contributed by atoms with Crippen LogP contribution in [0.25, 0.3) is 22.0 Å². The van der Waals surface area contributed by atoms with E-state index in [0.29, 0.717) is 18.7 Å². The van der Waals surface area contributed by atoms with Gasteiger partial charge in [0, 0.05) is 35.1 Å². The van der Waals surface area contributed by atoms with Crippen LogP contribution >= 0.6 is 0 Å². The zero-order valence-corrected chi connectivity index (χ0v) is 19.1. The molecular formula is C26H29N3O3. The lowest BCUT2D eigenvalue weighted by molar-refractivity contribution is 0.0275. The van der Waals surface area contributed by atoms with Gasteiger partial charge in [0.15, 0.2) is 0 Å². The van der Waals surface area contributed by atoms with Gasteiger partial charge in [0.25, 0.3) is 0 Å². The molecule has 0 spiro atoms. The molecule has 1 saturated heterocycles. The van der Waals surface area contributed by atoms with Crippen LogP contribution in [0, 0.1) is 11.3 Å². The van der Waals surface area contributed by atoms with Crippen molar-refractivity contribution in [2.45, 2.75) is 52.2 Å². The maximum atomic E-state index is 12.3. The van der Waals surface area contributed by atoms with E-state index >= 15 is 0 Å². The summed E-state index contributed by atoms with van der Waals surface area (Å²) in [7, 11) is 0. The van der Waals surface area contributed by atoms with Gasteiger partial charge in [-0.25, -0.2) is 4.79 Å². The molecule has 1 aliphatic heterocycles. The number of benzene rings is 2. The Hall–Kier alpha value is -3.46. The number of ether oxygens (including phenoxy) is 2. The molecule has 0 unspecified atom stereocenters. The van der Waals surface area contributed by atoms with Crippen LogP contribution < -0.4 is 4.74 Å². The molecule has 6 nitrogen and oxygen atoms in total. The van der Waals surface area contributed by atoms with E-state index in [1.54, 1.807) is 4.90 Å². The number of fused-ring (bicyclic) bond motifs is 1. The average Bonchev–Trinajstić information content (AvgIpc) is 3.37. The SMILES string of the molecule is CCc1[nH]c2cc(C#N)ccc2c1-c1ccc(O[C@H]2CCN(C(=O)OC(C)(C)C)C2)cc1. The van der Waals surface area contributed by atoms with Gasteiger partial charge < -0.3 is 19.4 Å². The minimum Gasteiger partial charge on any atom is -0.489 e. The van der Waals surface area contributed by atoms with E-state index in [4.69, 9.17) is 9.47 Å². The lowest BCUT2D eigenvalue weighted by Crippen LogP contribution is -2.36. The third-order valence-corrected chi connectivity index (χ3v) is 5.60. The Bertz CT molecular complexity index is 1170. The number of carbonyl (C=O) groups is 1. The van der Waals surface area contributed by atoms with E-state index in [2.05, 4.69) is 30.1 Å². The molecule has 2 aromatic carbocycles. The molecule has 166 valence electrons. The first-order chi connectivity index (χ1) is 15.3. The zero-order chi connectivity index (χ0) is 22.9. The number of hydrogen-bond acceptors (Lipinski definition) is 4. The van der Waals surface area contributed by atoms with E-state index in [-0.39, 0.29) is 12.2 Å². The summed E-state index contributed by atoms with van der Waals surface area (Å²) < 4.78 is 11.6. The van der Waals surface area contributed by atoms with E-state index in [0.717, 1.165) is 46.3 Å². The fourth-order valence-electron chi connectivity index (χ4n) is 4.13. The van der Waals surface area contributed by atoms with Crippen molar-refractivity contribution < 1.29 is 14.3 Å². The highest BCUT2D eigenvalue weighted by Gasteiger charge is 2.30. The van der Waals surface area contributed by atoms with Crippen molar-refractivity contribution in [2.75, 3.05) is 13.1 Å². The van der Waals surface area contributed by atoms with Crippen LogP contribution in [-0.4, -0.2) is 40.8 Å². The first-order valence-electron chi connectivity index (χ1n) is 11.1. The van der Waals surface area contributed by atoms with Gasteiger partial charge in [0.1, 0.15) is 17.5 Å². The second-order valence-corrected chi connectivity index (χ2v) is 9.18. The molecule has 1 N–H and O–H groups in total. The number of likely N-dealkylation sites (tertiary alicyclic amines) is 1. The van der Waals surface area contributed by atoms with Gasteiger partial charge in [0.05, 0.1) is 18.2 Å². The molecule has 0 saturated carbocycles. The molecule has 4 rings (SSSR count). The Morgan fingerprint density at radius 2 is 1.97 bits per heavy atom. The molecule has 1 amide bonds. The lowest BCUT2D eigenvalue weighted by Gasteiger charge is -2.24. The molecule has 1 aromatic heterocycles. The van der Waals surface area contributed by atoms with Crippen LogP contribution in [0.1, 0.15) is 45.4 Å². The van der Waals surface area contributed by atoms with Crippen LogP contribution in [0.2, 0.25) is 0 Å². The Balaban J connectivity index is 1.48. The second kappa shape index (κ2) is 8.58. The minimum absolute atomic E-state index is 0.0444. The molecule has 3 aromatic rings. The fourth-order valence-corrected chi connectivity index (χ4v) is 4.13. The molecule has 1 fully saturated rings. The number of aryl methyl sites for hydroxylation is 1. The van der Waals surface area contributed by atoms with Gasteiger partial charge in [-0.2, -0.15) is 5.26 Å². The summed E-state index contributed by atoms with van der Waals surface area (Å²) in [6, 6.07) is 16.0. The van der Waals surface area contributed by atoms with E-state index in [9.17, 15) is 10.1 Å². The largest absolute Gasteiger partial charge is 0.489 e. The van der Waals surface area contributed by atoms with Gasteiger partial charge in [-0.15, -0.1) is 0 Å². The van der Waals surface area contributed by atoms with Crippen LogP contribution in [0.4, 0.5) is 4.79 Å². The topological polar surface area (TPSA) is 78.4 Å². The number of aromatic amines is 1. The van der Waals surface area contributed by atoms with Crippen LogP contribution in [0.3, 0.4) is 0 Å². The highest BCUT2D eigenvalue weighted by molar-refractivity contribution is 5.98. The Labute approximate surface area is 188 Å². The maximum absolute atomic E-state index is 12.3. The van der Waals surface area contributed by atoms with Gasteiger partial charge in [-0.1, -0.05) is 25.1 Å². The van der Waals surface area contributed by atoms with Crippen molar-refractivity contribution in [1.82, 2.24) is 9.88 Å². The van der Waals surface area contributed by atoms with Gasteiger partial charge in [-0.3, -0.25) is 0 Å². The highest BCUT2D eigenvalue weighted by Crippen LogP contribution is 2.34. The van der Waals surface area contributed by atoms with E-state index < -0.39 is 5.60 Å². The minimum atomic E-state index is -0.498. The standard InChI is InChI=1S/C26H29N3O3/c1-5-22-24(21-11-6-17(15-27)14-23(21)28-22)18-7-9-19(10-8-18)31-20-12-13-29(16-20)25(30)32-26(2,3)4/h6-11,14,20,28H,5,12-13,16H2,1-4H3/t20-/m0/s1. The maximum Gasteiger partial charge on any atom is 0.410 e. The van der Waals surface area contributed by atoms with E-state index in [1.807, 2.05) is 51.1 Å². The smallest absolute Gasteiger partial charge is 0.410 e. The van der Waals surface area contributed by atoms with Gasteiger partial charge in [0.2, 0.25) is 0 Å². The number of hydrogen-bond donors (Lipinski definition) is 1. The summed E-state index contributed by atoms with van der Waals surface area (Å²) in [6.45, 7) is 8.90. The monoisotopic (exact) mass is 431 g/mol. The number of aromatic nitrogens is 1. The normalized spacial score (nSPS) is 16.2. The zero-order valence-electron chi connectivity index (χ0n) is 19.1. The molecule has 0 aliphatic carbocycles. The average molecular weight is 432 g/mol. The quantitative estimate of drug-likeness (QED) is 0.578. The number of nitrogens with zero attached hydrogens (tertiary/aromatic N) is 2. The van der Waals surface area contributed by atoms with Crippen LogP contribution in [0.5, 0.6) is 5.75 Å². The summed E-state index contributed by atoms with van der Waals surface area (Å²) in [5.74, 6) is 0.787. The summed E-state index contributed by atoms with van der Waals surface area (Å²) in [4.78, 5) is 17.4. The summed E-state index contributed by atoms with van der Waals surface area (Å²) in [5.41, 5.74) is 4.54. The highest BCUT2D eigenvalue weighted by atomic mass is 16.6. The van der Waals surface area contributed by atoms with Crippen molar-refractivity contribution in [3.8, 4) is 22.9 Å². The Kier molecular flexibility index (Phi) is 5.84. The number of nitrogens with one attached hydrogen (secondary N) is 1. The molecule has 0 bridgehead atoms. The lowest BCUT2D eigenvalue weighted by atomic mass is 10.00. The molecule has 0 radical (unpaired) electrons. The number of carbonyl (C=O) groups excluding carboxylic acids is 1. The Morgan fingerprint density at radius 1 is 1.22 bits per heavy atom. The number of H-pyrrole nitrogens is 1. The molecule has 1 atom stereocenters. The summed E-state index contributed by atoms with van der Waals surface area (Å²) >= 11 is 0. The molecule has 6 heteroatoms. The first kappa shape index (κ1) is 21.8. The predicted molar refractivity (Wildman–Crippen MR) is 125 cm³/mol. The van der Waals surface area contributed by atoms with Crippen molar-refractivity contribution >= 4 is 17.0 Å². The van der Waals surface area contributed by atoms with Crippen molar-refractivity contribution in [3.63, 3.8) is 0 Å². The number of nitriles is 1. The summed E-state index contributed by atoms with van der Waals surface area (Å²) in [6.07, 6.45) is 1.32. The predicted octanol–water partition coefficient (Wildman–Crippen LogP) is 5.66. The summed E-state index contributed by atoms with van der Waals surface area (Å²) in [5, 5.41) is 10.3. The molecule has 2 heterocycles. The number of amides is 1. The Morgan fingerprint density at radius 3 is 2.62 bits per heavy atom. The third-order valence-electron chi connectivity index (χ3n) is 5.60. The van der Waals surface area contributed by atoms with Gasteiger partial charge >= 0.3 is 6.09 Å². The van der Waals surface area contributed by atoms with Crippen molar-refractivity contribution in [1.29, 1.82) is 5.26 Å².